The Morgan fingerprint density at radius 1 is 1.29 bits per heavy atom. The van der Waals surface area contributed by atoms with E-state index in [0.29, 0.717) is 6.07 Å². The van der Waals surface area contributed by atoms with Crippen LogP contribution in [0.1, 0.15) is 45.1 Å². The van der Waals surface area contributed by atoms with Gasteiger partial charge in [-0.1, -0.05) is 0 Å². The summed E-state index contributed by atoms with van der Waals surface area (Å²) in [5.74, 6) is -4.38. The standard InChI is InChI=1S/C15H20F3NO2/c1-15(2,3)21-13(20)5-4-9(8-19)11-6-10(16)7-12(17)14(11)18/h6-7,9H,4-5,8,19H2,1-3H3. The van der Waals surface area contributed by atoms with Gasteiger partial charge in [-0.05, 0) is 51.3 Å². The average molecular weight is 303 g/mol. The molecule has 0 heterocycles. The molecule has 0 aliphatic heterocycles. The molecule has 0 aliphatic rings. The van der Waals surface area contributed by atoms with Crippen molar-refractivity contribution in [3.8, 4) is 0 Å². The van der Waals surface area contributed by atoms with Crippen molar-refractivity contribution >= 4 is 5.97 Å². The molecule has 2 N–H and O–H groups in total. The molecule has 0 fully saturated rings. The summed E-state index contributed by atoms with van der Waals surface area (Å²) < 4.78 is 45.2. The maximum absolute atomic E-state index is 13.7. The highest BCUT2D eigenvalue weighted by Crippen LogP contribution is 2.26. The van der Waals surface area contributed by atoms with Crippen molar-refractivity contribution in [2.45, 2.75) is 45.1 Å². The lowest BCUT2D eigenvalue weighted by Gasteiger charge is -2.21. The minimum atomic E-state index is -1.26. The van der Waals surface area contributed by atoms with Crippen molar-refractivity contribution in [2.75, 3.05) is 6.54 Å². The Bertz CT molecular complexity index is 512. The second kappa shape index (κ2) is 6.93. The highest BCUT2D eigenvalue weighted by molar-refractivity contribution is 5.69. The van der Waals surface area contributed by atoms with Crippen LogP contribution in [0.3, 0.4) is 0 Å². The van der Waals surface area contributed by atoms with Crippen LogP contribution < -0.4 is 5.73 Å². The van der Waals surface area contributed by atoms with Crippen LogP contribution in [0.4, 0.5) is 13.2 Å². The van der Waals surface area contributed by atoms with Crippen LogP contribution in [0.25, 0.3) is 0 Å². The van der Waals surface area contributed by atoms with Gasteiger partial charge in [-0.2, -0.15) is 0 Å². The highest BCUT2D eigenvalue weighted by Gasteiger charge is 2.22. The molecule has 1 aromatic carbocycles. The first kappa shape index (κ1) is 17.5. The van der Waals surface area contributed by atoms with E-state index in [2.05, 4.69) is 0 Å². The molecule has 0 bridgehead atoms. The van der Waals surface area contributed by atoms with E-state index in [1.165, 1.54) is 0 Å². The van der Waals surface area contributed by atoms with Crippen LogP contribution in [0, 0.1) is 17.5 Å². The maximum atomic E-state index is 13.7. The Hall–Kier alpha value is -1.56. The highest BCUT2D eigenvalue weighted by atomic mass is 19.2. The van der Waals surface area contributed by atoms with Crippen LogP contribution in [-0.2, 0) is 9.53 Å². The second-order valence-corrected chi connectivity index (χ2v) is 5.85. The molecule has 1 unspecified atom stereocenters. The Labute approximate surface area is 122 Å². The molecule has 1 aromatic rings. The molecular formula is C15H20F3NO2. The maximum Gasteiger partial charge on any atom is 0.306 e. The van der Waals surface area contributed by atoms with Crippen molar-refractivity contribution in [1.29, 1.82) is 0 Å². The molecule has 3 nitrogen and oxygen atoms in total. The number of nitrogens with two attached hydrogens (primary N) is 1. The fourth-order valence-corrected chi connectivity index (χ4v) is 1.96. The fourth-order valence-electron chi connectivity index (χ4n) is 1.96. The number of benzene rings is 1. The first-order valence-electron chi connectivity index (χ1n) is 6.70. The van der Waals surface area contributed by atoms with Gasteiger partial charge >= 0.3 is 5.97 Å². The molecule has 6 heteroatoms. The lowest BCUT2D eigenvalue weighted by molar-refractivity contribution is -0.155. The molecule has 0 aliphatic carbocycles. The zero-order valence-corrected chi connectivity index (χ0v) is 12.4. The van der Waals surface area contributed by atoms with E-state index < -0.39 is 34.9 Å². The largest absolute Gasteiger partial charge is 0.460 e. The average Bonchev–Trinajstić information content (AvgIpc) is 2.33. The van der Waals surface area contributed by atoms with Gasteiger partial charge in [-0.3, -0.25) is 4.79 Å². The van der Waals surface area contributed by atoms with Crippen LogP contribution in [-0.4, -0.2) is 18.1 Å². The van der Waals surface area contributed by atoms with Gasteiger partial charge in [0.2, 0.25) is 0 Å². The molecule has 0 spiro atoms. The molecule has 0 amide bonds. The summed E-state index contributed by atoms with van der Waals surface area (Å²) in [5, 5.41) is 0. The number of hydrogen-bond donors (Lipinski definition) is 1. The monoisotopic (exact) mass is 303 g/mol. The van der Waals surface area contributed by atoms with Crippen molar-refractivity contribution in [2.24, 2.45) is 5.73 Å². The number of rotatable bonds is 5. The summed E-state index contributed by atoms with van der Waals surface area (Å²) in [7, 11) is 0. The van der Waals surface area contributed by atoms with Gasteiger partial charge < -0.3 is 10.5 Å². The summed E-state index contributed by atoms with van der Waals surface area (Å²) >= 11 is 0. The summed E-state index contributed by atoms with van der Waals surface area (Å²) in [6, 6.07) is 1.38. The van der Waals surface area contributed by atoms with E-state index in [1.807, 2.05) is 0 Å². The van der Waals surface area contributed by atoms with Crippen LogP contribution in [0.5, 0.6) is 0 Å². The molecule has 21 heavy (non-hydrogen) atoms. The number of carbonyl (C=O) groups is 1. The lowest BCUT2D eigenvalue weighted by atomic mass is 9.93. The van der Waals surface area contributed by atoms with Crippen LogP contribution >= 0.6 is 0 Å². The summed E-state index contributed by atoms with van der Waals surface area (Å²) in [4.78, 5) is 11.6. The third-order valence-electron chi connectivity index (χ3n) is 2.86. The molecule has 1 rings (SSSR count). The third-order valence-corrected chi connectivity index (χ3v) is 2.86. The Balaban J connectivity index is 2.79. The SMILES string of the molecule is CC(C)(C)OC(=O)CCC(CN)c1cc(F)cc(F)c1F. The first-order valence-corrected chi connectivity index (χ1v) is 6.70. The van der Waals surface area contributed by atoms with Gasteiger partial charge in [-0.25, -0.2) is 13.2 Å². The quantitative estimate of drug-likeness (QED) is 0.671. The van der Waals surface area contributed by atoms with Crippen molar-refractivity contribution in [1.82, 2.24) is 0 Å². The van der Waals surface area contributed by atoms with Gasteiger partial charge in [0, 0.05) is 12.5 Å². The van der Waals surface area contributed by atoms with E-state index in [9.17, 15) is 18.0 Å². The molecule has 0 saturated carbocycles. The molecule has 0 radical (unpaired) electrons. The first-order chi connectivity index (χ1) is 9.64. The predicted molar refractivity (Wildman–Crippen MR) is 73.2 cm³/mol. The zero-order valence-electron chi connectivity index (χ0n) is 12.4. The van der Waals surface area contributed by atoms with Gasteiger partial charge in [0.1, 0.15) is 11.4 Å². The smallest absolute Gasteiger partial charge is 0.306 e. The van der Waals surface area contributed by atoms with E-state index in [4.69, 9.17) is 10.5 Å². The number of ether oxygens (including phenoxy) is 1. The molecule has 118 valence electrons. The van der Waals surface area contributed by atoms with Gasteiger partial charge in [0.25, 0.3) is 0 Å². The number of carbonyl (C=O) groups excluding carboxylic acids is 1. The fraction of sp³-hybridized carbons (Fsp3) is 0.533. The lowest BCUT2D eigenvalue weighted by Crippen LogP contribution is -2.24. The predicted octanol–water partition coefficient (Wildman–Crippen LogP) is 3.27. The number of halogens is 3. The molecular weight excluding hydrogens is 283 g/mol. The second-order valence-electron chi connectivity index (χ2n) is 5.85. The Kier molecular flexibility index (Phi) is 5.78. The van der Waals surface area contributed by atoms with E-state index >= 15 is 0 Å². The number of hydrogen-bond acceptors (Lipinski definition) is 3. The van der Waals surface area contributed by atoms with Crippen molar-refractivity contribution < 1.29 is 22.7 Å². The Morgan fingerprint density at radius 3 is 2.43 bits per heavy atom. The zero-order chi connectivity index (χ0) is 16.2. The Morgan fingerprint density at radius 2 is 1.90 bits per heavy atom. The molecule has 0 aromatic heterocycles. The molecule has 1 atom stereocenters. The third kappa shape index (κ3) is 5.38. The van der Waals surface area contributed by atoms with Crippen LogP contribution in [0.15, 0.2) is 12.1 Å². The minimum Gasteiger partial charge on any atom is -0.460 e. The normalized spacial score (nSPS) is 13.1. The van der Waals surface area contributed by atoms with E-state index in [1.54, 1.807) is 20.8 Å². The van der Waals surface area contributed by atoms with Crippen LogP contribution in [0.2, 0.25) is 0 Å². The minimum absolute atomic E-state index is 0.00326. The van der Waals surface area contributed by atoms with Gasteiger partial charge in [0.15, 0.2) is 11.6 Å². The summed E-state index contributed by atoms with van der Waals surface area (Å²) in [6.45, 7) is 5.16. The summed E-state index contributed by atoms with van der Waals surface area (Å²) in [6.07, 6.45) is 0.155. The van der Waals surface area contributed by atoms with E-state index in [0.717, 1.165) is 6.07 Å². The molecule has 0 saturated heterocycles. The van der Waals surface area contributed by atoms with Crippen molar-refractivity contribution in [3.05, 3.63) is 35.1 Å². The van der Waals surface area contributed by atoms with E-state index in [-0.39, 0.29) is 24.9 Å². The number of esters is 1. The van der Waals surface area contributed by atoms with Crippen molar-refractivity contribution in [3.63, 3.8) is 0 Å². The topological polar surface area (TPSA) is 52.3 Å². The summed E-state index contributed by atoms with van der Waals surface area (Å²) in [5.41, 5.74) is 4.75. The van der Waals surface area contributed by atoms with Gasteiger partial charge in [-0.15, -0.1) is 0 Å². The van der Waals surface area contributed by atoms with Gasteiger partial charge in [0.05, 0.1) is 0 Å².